The average molecular weight is 167 g/mol. The van der Waals surface area contributed by atoms with E-state index in [4.69, 9.17) is 0 Å². The van der Waals surface area contributed by atoms with Crippen LogP contribution >= 0.6 is 0 Å². The molecule has 1 aliphatic carbocycles. The van der Waals surface area contributed by atoms with Crippen molar-refractivity contribution in [3.63, 3.8) is 0 Å². The fraction of sp³-hybridized carbons (Fsp3) is 0.167. The van der Waals surface area contributed by atoms with Crippen molar-refractivity contribution in [1.29, 1.82) is 0 Å². The van der Waals surface area contributed by atoms with Gasteiger partial charge in [0.2, 0.25) is 0 Å². The molecule has 0 saturated carbocycles. The molecular weight excluding hydrogens is 155 g/mol. The number of rotatable bonds is 2. The largest absolute Gasteiger partial charge is 0.190 e. The van der Waals surface area contributed by atoms with Gasteiger partial charge in [-0.2, -0.15) is 0 Å². The molecule has 0 amide bonds. The third-order valence-corrected chi connectivity index (χ3v) is 2.16. The van der Waals surface area contributed by atoms with Crippen LogP contribution in [0, 0.1) is 0 Å². The first kappa shape index (κ1) is 8.37. The van der Waals surface area contributed by atoms with Gasteiger partial charge in [0, 0.05) is 0 Å². The highest BCUT2D eigenvalue weighted by molar-refractivity contribution is 6.61. The molecule has 0 aromatic heterocycles. The molecule has 0 saturated heterocycles. The summed E-state index contributed by atoms with van der Waals surface area (Å²) in [5, 5.41) is 0. The van der Waals surface area contributed by atoms with Gasteiger partial charge in [0.05, 0.1) is 0 Å². The Kier molecular flexibility index (Phi) is 2.66. The van der Waals surface area contributed by atoms with Gasteiger partial charge in [0.25, 0.3) is 0 Å². The lowest BCUT2D eigenvalue weighted by Gasteiger charge is -2.05. The van der Waals surface area contributed by atoms with Crippen LogP contribution in [-0.4, -0.2) is 7.28 Å². The lowest BCUT2D eigenvalue weighted by Crippen LogP contribution is -2.15. The van der Waals surface area contributed by atoms with Gasteiger partial charge in [0.15, 0.2) is 7.28 Å². The second-order valence-electron chi connectivity index (χ2n) is 3.24. The monoisotopic (exact) mass is 167 g/mol. The van der Waals surface area contributed by atoms with Crippen molar-refractivity contribution in [2.45, 2.75) is 12.8 Å². The minimum atomic E-state index is 1.18. The minimum Gasteiger partial charge on any atom is -0.0901 e. The van der Waals surface area contributed by atoms with Gasteiger partial charge in [0.1, 0.15) is 0 Å². The molecule has 1 heteroatoms. The first-order chi connectivity index (χ1) is 6.45. The van der Waals surface area contributed by atoms with Crippen molar-refractivity contribution >= 4 is 12.7 Å². The average Bonchev–Trinajstić information content (AvgIpc) is 2.21. The Morgan fingerprint density at radius 3 is 2.54 bits per heavy atom. The van der Waals surface area contributed by atoms with Gasteiger partial charge in [-0.1, -0.05) is 59.5 Å². The topological polar surface area (TPSA) is 0 Å². The molecule has 1 aromatic rings. The summed E-state index contributed by atoms with van der Waals surface area (Å²) >= 11 is 0. The van der Waals surface area contributed by atoms with Crippen LogP contribution in [0.4, 0.5) is 0 Å². The Balaban J connectivity index is 2.06. The Bertz CT molecular complexity index is 322. The molecule has 1 aromatic carbocycles. The van der Waals surface area contributed by atoms with Crippen LogP contribution in [0.2, 0.25) is 0 Å². The SMILES string of the molecule is [B](C1=CCCC=C1)c1ccccc1. The van der Waals surface area contributed by atoms with Crippen molar-refractivity contribution in [3.8, 4) is 0 Å². The zero-order chi connectivity index (χ0) is 8.93. The van der Waals surface area contributed by atoms with Crippen LogP contribution in [0.5, 0.6) is 0 Å². The Labute approximate surface area is 80.2 Å². The maximum absolute atomic E-state index is 2.28. The van der Waals surface area contributed by atoms with Crippen LogP contribution in [0.1, 0.15) is 12.8 Å². The lowest BCUT2D eigenvalue weighted by atomic mass is 9.62. The molecule has 0 heterocycles. The maximum atomic E-state index is 2.28. The molecule has 0 bridgehead atoms. The zero-order valence-electron chi connectivity index (χ0n) is 7.61. The molecule has 13 heavy (non-hydrogen) atoms. The third kappa shape index (κ3) is 2.35. The van der Waals surface area contributed by atoms with E-state index in [1.165, 1.54) is 23.8 Å². The van der Waals surface area contributed by atoms with Gasteiger partial charge in [-0.05, 0) is 12.8 Å². The molecule has 0 spiro atoms. The molecular formula is C12H12B. The van der Waals surface area contributed by atoms with Crippen LogP contribution in [0.25, 0.3) is 0 Å². The predicted octanol–water partition coefficient (Wildman–Crippen LogP) is 2.25. The molecule has 0 fully saturated rings. The number of hydrogen-bond donors (Lipinski definition) is 0. The van der Waals surface area contributed by atoms with E-state index >= 15 is 0 Å². The van der Waals surface area contributed by atoms with E-state index in [1.807, 2.05) is 6.07 Å². The molecule has 0 N–H and O–H groups in total. The third-order valence-electron chi connectivity index (χ3n) is 2.16. The second kappa shape index (κ2) is 4.13. The summed E-state index contributed by atoms with van der Waals surface area (Å²) in [4.78, 5) is 0. The van der Waals surface area contributed by atoms with E-state index < -0.39 is 0 Å². The van der Waals surface area contributed by atoms with E-state index in [1.54, 1.807) is 0 Å². The quantitative estimate of drug-likeness (QED) is 0.592. The smallest absolute Gasteiger partial charge is 0.0901 e. The summed E-state index contributed by atoms with van der Waals surface area (Å²) in [6.45, 7) is 0. The van der Waals surface area contributed by atoms with E-state index in [9.17, 15) is 0 Å². The molecule has 63 valence electrons. The first-order valence-electron chi connectivity index (χ1n) is 4.72. The number of hydrogen-bond acceptors (Lipinski definition) is 0. The van der Waals surface area contributed by atoms with Crippen molar-refractivity contribution in [2.75, 3.05) is 0 Å². The molecule has 1 radical (unpaired) electrons. The highest BCUT2D eigenvalue weighted by atomic mass is 13.9. The molecule has 2 rings (SSSR count). The minimum absolute atomic E-state index is 1.18. The fourth-order valence-corrected chi connectivity index (χ4v) is 1.48. The van der Waals surface area contributed by atoms with E-state index in [2.05, 4.69) is 49.8 Å². The molecule has 0 aliphatic heterocycles. The summed E-state index contributed by atoms with van der Waals surface area (Å²) in [5.41, 5.74) is 2.61. The normalized spacial score (nSPS) is 15.2. The van der Waals surface area contributed by atoms with Crippen LogP contribution in [0.3, 0.4) is 0 Å². The van der Waals surface area contributed by atoms with E-state index in [-0.39, 0.29) is 0 Å². The number of allylic oxidation sites excluding steroid dienone is 4. The van der Waals surface area contributed by atoms with Gasteiger partial charge >= 0.3 is 0 Å². The second-order valence-corrected chi connectivity index (χ2v) is 3.24. The van der Waals surface area contributed by atoms with Crippen molar-refractivity contribution in [3.05, 3.63) is 54.0 Å². The Hall–Kier alpha value is -1.24. The summed E-state index contributed by atoms with van der Waals surface area (Å²) in [6, 6.07) is 10.4. The van der Waals surface area contributed by atoms with Gasteiger partial charge in [-0.15, -0.1) is 0 Å². The van der Waals surface area contributed by atoms with Crippen LogP contribution in [0.15, 0.2) is 54.0 Å². The highest BCUT2D eigenvalue weighted by Gasteiger charge is 2.00. The van der Waals surface area contributed by atoms with Crippen molar-refractivity contribution in [1.82, 2.24) is 0 Å². The molecule has 0 atom stereocenters. The molecule has 0 nitrogen and oxygen atoms in total. The van der Waals surface area contributed by atoms with Gasteiger partial charge in [-0.3, -0.25) is 0 Å². The highest BCUT2D eigenvalue weighted by Crippen LogP contribution is 2.07. The first-order valence-corrected chi connectivity index (χ1v) is 4.72. The fourth-order valence-electron chi connectivity index (χ4n) is 1.48. The number of benzene rings is 1. The van der Waals surface area contributed by atoms with Crippen molar-refractivity contribution in [2.24, 2.45) is 0 Å². The lowest BCUT2D eigenvalue weighted by molar-refractivity contribution is 1.03. The van der Waals surface area contributed by atoms with Crippen LogP contribution < -0.4 is 5.46 Å². The Morgan fingerprint density at radius 2 is 1.85 bits per heavy atom. The van der Waals surface area contributed by atoms with Gasteiger partial charge < -0.3 is 0 Å². The van der Waals surface area contributed by atoms with E-state index in [0.29, 0.717) is 0 Å². The van der Waals surface area contributed by atoms with Gasteiger partial charge in [-0.25, -0.2) is 0 Å². The predicted molar refractivity (Wildman–Crippen MR) is 58.3 cm³/mol. The molecule has 0 unspecified atom stereocenters. The molecule has 1 aliphatic rings. The Morgan fingerprint density at radius 1 is 1.00 bits per heavy atom. The summed E-state index contributed by atoms with van der Waals surface area (Å²) < 4.78 is 0. The van der Waals surface area contributed by atoms with Crippen LogP contribution in [-0.2, 0) is 0 Å². The maximum Gasteiger partial charge on any atom is 0.190 e. The summed E-state index contributed by atoms with van der Waals surface area (Å²) in [5.74, 6) is 0. The summed E-state index contributed by atoms with van der Waals surface area (Å²) in [6.07, 6.45) is 9.07. The summed E-state index contributed by atoms with van der Waals surface area (Å²) in [7, 11) is 2.22. The van der Waals surface area contributed by atoms with Crippen molar-refractivity contribution < 1.29 is 0 Å². The standard InChI is InChI=1S/C12H12B/c1-3-7-11(8-4-1)13-12-9-5-2-6-10-12/h1,3-5,7-10H,2,6H2. The zero-order valence-corrected chi connectivity index (χ0v) is 7.61. The van der Waals surface area contributed by atoms with E-state index in [0.717, 1.165) is 0 Å².